The molecule has 0 fully saturated rings. The van der Waals surface area contributed by atoms with E-state index in [1.807, 2.05) is 6.20 Å². The molecule has 0 amide bonds. The van der Waals surface area contributed by atoms with Crippen molar-refractivity contribution >= 4 is 29.3 Å². The van der Waals surface area contributed by atoms with Crippen LogP contribution in [0.4, 0.5) is 0 Å². The van der Waals surface area contributed by atoms with E-state index in [1.165, 1.54) is 53.5 Å². The number of pyridine rings is 1. The monoisotopic (exact) mass is 958 g/mol. The molecule has 4 heteroatoms. The third-order valence-corrected chi connectivity index (χ3v) is 15.9. The van der Waals surface area contributed by atoms with E-state index in [0.29, 0.717) is 17.6 Å². The molecule has 0 aliphatic carbocycles. The molecule has 326 valence electrons. The van der Waals surface area contributed by atoms with E-state index in [9.17, 15) is 5.11 Å². The van der Waals surface area contributed by atoms with Crippen molar-refractivity contribution in [2.75, 3.05) is 0 Å². The molecule has 2 heterocycles. The van der Waals surface area contributed by atoms with E-state index in [2.05, 4.69) is 217 Å². The number of aromatic hydroxyl groups is 1. The summed E-state index contributed by atoms with van der Waals surface area (Å²) in [6.45, 7) is 29.6. The summed E-state index contributed by atoms with van der Waals surface area (Å²) in [4.78, 5) is 10.7. The average molecular weight is 957 g/mol. The number of phenols is 1. The van der Waals surface area contributed by atoms with Crippen molar-refractivity contribution in [1.29, 1.82) is 0 Å². The second-order valence-electron chi connectivity index (χ2n) is 21.3. The van der Waals surface area contributed by atoms with Crippen LogP contribution in [0.3, 0.4) is 0 Å². The standard InChI is InChI=1S/C60H64N2OTe/c1-36(2)48-31-41(39-22-18-15-19-23-39)32-49(37(3)4)53(48)47-25-24-46(54-56(47)64-57(62-54)50-34-45(59(8,9)10)35-51(55(50)63)60(11,12)13)42-28-43(30-44(29-42)58(5,6)7)52-33-40(26-27-61-52)38-20-16-14-17-21-38/h14-37,63H,1-13H3. The fourth-order valence-electron chi connectivity index (χ4n) is 8.82. The molecule has 0 saturated carbocycles. The molecule has 8 rings (SSSR count). The van der Waals surface area contributed by atoms with Crippen molar-refractivity contribution in [1.82, 2.24) is 9.97 Å². The molecular formula is C60H64N2OTe. The molecule has 0 radical (unpaired) electrons. The van der Waals surface area contributed by atoms with Gasteiger partial charge in [0, 0.05) is 0 Å². The fourth-order valence-corrected chi connectivity index (χ4v) is 12.0. The Kier molecular flexibility index (Phi) is 12.2. The Balaban J connectivity index is 1.45. The van der Waals surface area contributed by atoms with Gasteiger partial charge in [0.1, 0.15) is 0 Å². The number of fused-ring (bicyclic) bond motifs is 1. The van der Waals surface area contributed by atoms with Gasteiger partial charge in [0.2, 0.25) is 0 Å². The van der Waals surface area contributed by atoms with Crippen molar-refractivity contribution in [2.45, 2.75) is 118 Å². The first-order chi connectivity index (χ1) is 30.2. The van der Waals surface area contributed by atoms with Gasteiger partial charge in [0.15, 0.2) is 0 Å². The zero-order valence-corrected chi connectivity index (χ0v) is 42.4. The number of phenolic OH excluding ortho intramolecular Hbond substituents is 1. The third kappa shape index (κ3) is 9.02. The van der Waals surface area contributed by atoms with Crippen molar-refractivity contribution < 1.29 is 5.11 Å². The van der Waals surface area contributed by atoms with Crippen LogP contribution in [0.2, 0.25) is 0 Å². The second-order valence-corrected chi connectivity index (χ2v) is 24.2. The van der Waals surface area contributed by atoms with Gasteiger partial charge in [0.25, 0.3) is 0 Å². The maximum atomic E-state index is 12.3. The first-order valence-electron chi connectivity index (χ1n) is 22.9. The molecule has 64 heavy (non-hydrogen) atoms. The molecule has 0 atom stereocenters. The molecule has 6 aromatic carbocycles. The summed E-state index contributed by atoms with van der Waals surface area (Å²) >= 11 is -1.11. The van der Waals surface area contributed by atoms with Gasteiger partial charge < -0.3 is 0 Å². The minimum absolute atomic E-state index is 0.111. The van der Waals surface area contributed by atoms with Gasteiger partial charge in [-0.05, 0) is 0 Å². The van der Waals surface area contributed by atoms with Crippen molar-refractivity contribution in [3.05, 3.63) is 161 Å². The van der Waals surface area contributed by atoms with Crippen LogP contribution in [0.25, 0.3) is 74.0 Å². The van der Waals surface area contributed by atoms with Gasteiger partial charge in [-0.15, -0.1) is 0 Å². The Morgan fingerprint density at radius 2 is 1.03 bits per heavy atom. The quantitative estimate of drug-likeness (QED) is 0.154. The number of aromatic nitrogens is 2. The fraction of sp³-hybridized carbons (Fsp3) is 0.300. The van der Waals surface area contributed by atoms with Gasteiger partial charge in [-0.3, -0.25) is 0 Å². The van der Waals surface area contributed by atoms with Gasteiger partial charge in [-0.1, -0.05) is 6.07 Å². The Morgan fingerprint density at radius 3 is 1.59 bits per heavy atom. The molecule has 0 unspecified atom stereocenters. The molecule has 0 saturated heterocycles. The van der Waals surface area contributed by atoms with Crippen LogP contribution in [0, 0.1) is 0 Å². The summed E-state index contributed by atoms with van der Waals surface area (Å²) in [6.07, 6.45) is 1.93. The molecule has 0 aliphatic rings. The molecule has 3 nitrogen and oxygen atoms in total. The van der Waals surface area contributed by atoms with Crippen LogP contribution >= 0.6 is 0 Å². The number of hydrogen-bond acceptors (Lipinski definition) is 3. The van der Waals surface area contributed by atoms with Gasteiger partial charge >= 0.3 is 389 Å². The third-order valence-electron chi connectivity index (χ3n) is 12.7. The molecule has 0 aliphatic heterocycles. The molecule has 1 N–H and O–H groups in total. The van der Waals surface area contributed by atoms with Gasteiger partial charge in [-0.2, -0.15) is 0 Å². The normalized spacial score (nSPS) is 12.5. The number of rotatable bonds is 8. The molecule has 8 aromatic rings. The van der Waals surface area contributed by atoms with Crippen molar-refractivity contribution in [3.63, 3.8) is 0 Å². The average Bonchev–Trinajstić information content (AvgIpc) is 3.70. The topological polar surface area (TPSA) is 46.0 Å². The van der Waals surface area contributed by atoms with Crippen LogP contribution < -0.4 is 0 Å². The van der Waals surface area contributed by atoms with E-state index >= 15 is 0 Å². The van der Waals surface area contributed by atoms with Crippen LogP contribution in [-0.4, -0.2) is 35.5 Å². The van der Waals surface area contributed by atoms with E-state index in [-0.39, 0.29) is 16.2 Å². The van der Waals surface area contributed by atoms with E-state index in [4.69, 9.17) is 9.97 Å². The summed E-state index contributed by atoms with van der Waals surface area (Å²) in [5.74, 6) is 0.946. The molecule has 2 aromatic heterocycles. The van der Waals surface area contributed by atoms with Crippen LogP contribution in [0.15, 0.2) is 134 Å². The maximum absolute atomic E-state index is 12.3. The summed E-state index contributed by atoms with van der Waals surface area (Å²) in [5, 5.41) is 12.3. The summed E-state index contributed by atoms with van der Waals surface area (Å²) in [6, 6.07) is 46.7. The van der Waals surface area contributed by atoms with Gasteiger partial charge in [-0.25, -0.2) is 0 Å². The zero-order valence-electron chi connectivity index (χ0n) is 40.1. The van der Waals surface area contributed by atoms with E-state index in [1.54, 1.807) is 0 Å². The molecular weight excluding hydrogens is 892 g/mol. The first-order valence-corrected chi connectivity index (χ1v) is 25.3. The molecule has 0 bridgehead atoms. The summed E-state index contributed by atoms with van der Waals surface area (Å²) in [5.41, 5.74) is 19.3. The summed E-state index contributed by atoms with van der Waals surface area (Å²) in [7, 11) is 0. The zero-order chi connectivity index (χ0) is 45.9. The Morgan fingerprint density at radius 1 is 0.484 bits per heavy atom. The Hall–Kier alpha value is -5.27. The number of hydrogen-bond donors (Lipinski definition) is 1. The summed E-state index contributed by atoms with van der Waals surface area (Å²) < 4.78 is 2.37. The van der Waals surface area contributed by atoms with Crippen LogP contribution in [-0.2, 0) is 16.2 Å². The minimum atomic E-state index is -1.11. The van der Waals surface area contributed by atoms with Gasteiger partial charge in [0.05, 0.1) is 0 Å². The number of nitrogens with zero attached hydrogens (tertiary/aromatic N) is 2. The van der Waals surface area contributed by atoms with Crippen LogP contribution in [0.5, 0.6) is 5.75 Å². The second kappa shape index (κ2) is 17.3. The van der Waals surface area contributed by atoms with E-state index in [0.717, 1.165) is 48.3 Å². The Labute approximate surface area is 392 Å². The SMILES string of the molecule is CC(C)c1cc(-c2ccccc2)cc(C(C)C)c1-c1ccc(-c2cc(-c3cc(-c4ccccc4)ccn3)cc(C(C)(C)C)c2)c2nc(-c3cc(C(C)(C)C)cc(C(C)(C)C)c3O)[te]c12. The molecule has 0 spiro atoms. The first kappa shape index (κ1) is 45.3. The predicted octanol–water partition coefficient (Wildman–Crippen LogP) is 16.5. The van der Waals surface area contributed by atoms with Crippen LogP contribution in [0.1, 0.15) is 130 Å². The van der Waals surface area contributed by atoms with Crippen molar-refractivity contribution in [3.8, 4) is 70.8 Å². The van der Waals surface area contributed by atoms with Crippen molar-refractivity contribution in [2.24, 2.45) is 0 Å². The van der Waals surface area contributed by atoms with E-state index < -0.39 is 20.4 Å². The predicted molar refractivity (Wildman–Crippen MR) is 275 cm³/mol. The Bertz CT molecular complexity index is 2960. The number of benzene rings is 6.